The number of carbonyl (C=O) groups is 2. The Morgan fingerprint density at radius 1 is 1.07 bits per heavy atom. The summed E-state index contributed by atoms with van der Waals surface area (Å²) in [6.07, 6.45) is 0. The van der Waals surface area contributed by atoms with Gasteiger partial charge >= 0.3 is 0 Å². The van der Waals surface area contributed by atoms with E-state index in [9.17, 15) is 9.59 Å². The molecular formula is C21H23ClN4O3S. The Morgan fingerprint density at radius 3 is 2.50 bits per heavy atom. The predicted molar refractivity (Wildman–Crippen MR) is 122 cm³/mol. The molecule has 0 saturated carbocycles. The van der Waals surface area contributed by atoms with Crippen LogP contribution in [0, 0.1) is 0 Å². The molecule has 1 heterocycles. The lowest BCUT2D eigenvalue weighted by atomic mass is 10.1. The minimum absolute atomic E-state index is 0.0610. The Bertz CT molecular complexity index is 961. The Morgan fingerprint density at radius 2 is 1.80 bits per heavy atom. The molecule has 1 saturated heterocycles. The summed E-state index contributed by atoms with van der Waals surface area (Å²) in [5, 5.41) is 5.98. The van der Waals surface area contributed by atoms with Gasteiger partial charge in [0.1, 0.15) is 5.75 Å². The van der Waals surface area contributed by atoms with Crippen LogP contribution in [-0.4, -0.2) is 67.1 Å². The molecule has 0 radical (unpaired) electrons. The first-order valence-corrected chi connectivity index (χ1v) is 10.2. The van der Waals surface area contributed by atoms with E-state index >= 15 is 0 Å². The Balaban J connectivity index is 1.67. The van der Waals surface area contributed by atoms with Crippen molar-refractivity contribution in [1.82, 2.24) is 15.1 Å². The van der Waals surface area contributed by atoms with Crippen molar-refractivity contribution in [2.24, 2.45) is 0 Å². The summed E-state index contributed by atoms with van der Waals surface area (Å²) in [6, 6.07) is 11.7. The first-order chi connectivity index (χ1) is 14.4. The average molecular weight is 447 g/mol. The van der Waals surface area contributed by atoms with Gasteiger partial charge in [-0.2, -0.15) is 0 Å². The van der Waals surface area contributed by atoms with Crippen LogP contribution >= 0.6 is 23.8 Å². The fourth-order valence-corrected chi connectivity index (χ4v) is 3.41. The highest BCUT2D eigenvalue weighted by Crippen LogP contribution is 2.24. The van der Waals surface area contributed by atoms with Gasteiger partial charge in [0, 0.05) is 37.3 Å². The maximum absolute atomic E-state index is 12.8. The molecule has 1 aliphatic heterocycles. The van der Waals surface area contributed by atoms with E-state index in [0.717, 1.165) is 13.1 Å². The lowest BCUT2D eigenvalue weighted by Crippen LogP contribution is -2.47. The molecule has 0 aliphatic carbocycles. The normalized spacial score (nSPS) is 14.2. The van der Waals surface area contributed by atoms with Crippen molar-refractivity contribution in [3.8, 4) is 5.75 Å². The van der Waals surface area contributed by atoms with E-state index in [-0.39, 0.29) is 16.9 Å². The number of amides is 2. The van der Waals surface area contributed by atoms with E-state index in [0.29, 0.717) is 40.7 Å². The molecule has 7 nitrogen and oxygen atoms in total. The minimum Gasteiger partial charge on any atom is -0.497 e. The summed E-state index contributed by atoms with van der Waals surface area (Å²) in [4.78, 5) is 29.2. The van der Waals surface area contributed by atoms with Gasteiger partial charge in [0.2, 0.25) is 0 Å². The zero-order chi connectivity index (χ0) is 21.7. The summed E-state index contributed by atoms with van der Waals surface area (Å²) in [5.41, 5.74) is 1.37. The molecule has 9 heteroatoms. The highest BCUT2D eigenvalue weighted by molar-refractivity contribution is 7.80. The number of rotatable bonds is 4. The van der Waals surface area contributed by atoms with Gasteiger partial charge in [-0.05, 0) is 55.7 Å². The number of carbonyl (C=O) groups excluding carboxylic acids is 2. The number of nitrogens with one attached hydrogen (secondary N) is 2. The van der Waals surface area contributed by atoms with Crippen LogP contribution in [0.5, 0.6) is 5.75 Å². The standard InChI is InChI=1S/C21H23ClN4O3S/c1-25-8-10-26(11-9-25)20(28)15-6-7-17(22)18(13-15)23-21(30)24-19(27)14-4-3-5-16(12-14)29-2/h3-7,12-13H,8-11H2,1-2H3,(H2,23,24,27,30). The number of nitrogens with zero attached hydrogens (tertiary/aromatic N) is 2. The lowest BCUT2D eigenvalue weighted by molar-refractivity contribution is 0.0664. The van der Waals surface area contributed by atoms with Crippen LogP contribution in [-0.2, 0) is 0 Å². The van der Waals surface area contributed by atoms with Crippen molar-refractivity contribution >= 4 is 46.4 Å². The molecule has 0 unspecified atom stereocenters. The number of thiocarbonyl (C=S) groups is 1. The molecule has 2 aromatic rings. The molecule has 2 amide bonds. The minimum atomic E-state index is -0.382. The van der Waals surface area contributed by atoms with Gasteiger partial charge in [0.15, 0.2) is 5.11 Å². The molecule has 0 aromatic heterocycles. The van der Waals surface area contributed by atoms with Gasteiger partial charge in [-0.3, -0.25) is 14.9 Å². The molecule has 3 rings (SSSR count). The summed E-state index contributed by atoms with van der Waals surface area (Å²) >= 11 is 11.5. The number of hydrogen-bond donors (Lipinski definition) is 2. The van der Waals surface area contributed by atoms with Crippen molar-refractivity contribution < 1.29 is 14.3 Å². The van der Waals surface area contributed by atoms with Crippen LogP contribution in [0.4, 0.5) is 5.69 Å². The number of likely N-dealkylation sites (N-methyl/N-ethyl adjacent to an activating group) is 1. The number of methoxy groups -OCH3 is 1. The molecule has 30 heavy (non-hydrogen) atoms. The number of hydrogen-bond acceptors (Lipinski definition) is 5. The summed E-state index contributed by atoms with van der Waals surface area (Å²) in [5.74, 6) is 0.126. The topological polar surface area (TPSA) is 73.9 Å². The van der Waals surface area contributed by atoms with Crippen LogP contribution in [0.1, 0.15) is 20.7 Å². The van der Waals surface area contributed by atoms with Crippen molar-refractivity contribution in [3.05, 3.63) is 58.6 Å². The van der Waals surface area contributed by atoms with Crippen LogP contribution in [0.2, 0.25) is 5.02 Å². The fourth-order valence-electron chi connectivity index (χ4n) is 3.04. The van der Waals surface area contributed by atoms with Crippen LogP contribution in [0.15, 0.2) is 42.5 Å². The van der Waals surface area contributed by atoms with Gasteiger partial charge in [-0.15, -0.1) is 0 Å². The number of halogens is 1. The van der Waals surface area contributed by atoms with E-state index in [2.05, 4.69) is 15.5 Å². The quantitative estimate of drug-likeness (QED) is 0.703. The van der Waals surface area contributed by atoms with Crippen LogP contribution in [0.3, 0.4) is 0 Å². The molecule has 1 aliphatic rings. The predicted octanol–water partition coefficient (Wildman–Crippen LogP) is 2.86. The van der Waals surface area contributed by atoms with Crippen molar-refractivity contribution in [2.45, 2.75) is 0 Å². The SMILES string of the molecule is COc1cccc(C(=O)NC(=S)Nc2cc(C(=O)N3CCN(C)CC3)ccc2Cl)c1. The van der Waals surface area contributed by atoms with Crippen molar-refractivity contribution in [3.63, 3.8) is 0 Å². The maximum atomic E-state index is 12.8. The second kappa shape index (κ2) is 9.88. The van der Waals surface area contributed by atoms with Gasteiger partial charge in [0.25, 0.3) is 11.8 Å². The highest BCUT2D eigenvalue weighted by Gasteiger charge is 2.21. The molecule has 0 spiro atoms. The van der Waals surface area contributed by atoms with Crippen LogP contribution < -0.4 is 15.4 Å². The van der Waals surface area contributed by atoms with E-state index < -0.39 is 0 Å². The average Bonchev–Trinajstić information content (AvgIpc) is 2.75. The van der Waals surface area contributed by atoms with Gasteiger partial charge < -0.3 is 19.9 Å². The molecule has 2 aromatic carbocycles. The van der Waals surface area contributed by atoms with Crippen molar-refractivity contribution in [2.75, 3.05) is 45.7 Å². The number of anilines is 1. The molecule has 0 bridgehead atoms. The zero-order valence-electron chi connectivity index (χ0n) is 16.8. The van der Waals surface area contributed by atoms with E-state index in [1.807, 2.05) is 11.9 Å². The van der Waals surface area contributed by atoms with Crippen LogP contribution in [0.25, 0.3) is 0 Å². The first-order valence-electron chi connectivity index (χ1n) is 9.41. The summed E-state index contributed by atoms with van der Waals surface area (Å²) < 4.78 is 5.13. The zero-order valence-corrected chi connectivity index (χ0v) is 18.3. The monoisotopic (exact) mass is 446 g/mol. The van der Waals surface area contributed by atoms with E-state index in [1.54, 1.807) is 42.5 Å². The van der Waals surface area contributed by atoms with Gasteiger partial charge in [-0.1, -0.05) is 17.7 Å². The third-order valence-corrected chi connectivity index (χ3v) is 5.34. The summed E-state index contributed by atoms with van der Waals surface area (Å²) in [7, 11) is 3.56. The lowest BCUT2D eigenvalue weighted by Gasteiger charge is -2.32. The molecule has 0 atom stereocenters. The van der Waals surface area contributed by atoms with E-state index in [1.165, 1.54) is 7.11 Å². The molecule has 158 valence electrons. The highest BCUT2D eigenvalue weighted by atomic mass is 35.5. The largest absolute Gasteiger partial charge is 0.497 e. The van der Waals surface area contributed by atoms with Gasteiger partial charge in [-0.25, -0.2) is 0 Å². The maximum Gasteiger partial charge on any atom is 0.257 e. The third kappa shape index (κ3) is 5.47. The Labute approximate surface area is 185 Å². The Hall–Kier alpha value is -2.68. The molecule has 2 N–H and O–H groups in total. The number of benzene rings is 2. The molecule has 1 fully saturated rings. The fraction of sp³-hybridized carbons (Fsp3) is 0.286. The van der Waals surface area contributed by atoms with Gasteiger partial charge in [0.05, 0.1) is 17.8 Å². The second-order valence-electron chi connectivity index (χ2n) is 6.93. The first kappa shape index (κ1) is 22.0. The second-order valence-corrected chi connectivity index (χ2v) is 7.75. The number of ether oxygens (including phenoxy) is 1. The smallest absolute Gasteiger partial charge is 0.257 e. The number of piperazine rings is 1. The molecular weight excluding hydrogens is 424 g/mol. The van der Waals surface area contributed by atoms with Crippen molar-refractivity contribution in [1.29, 1.82) is 0 Å². The Kier molecular flexibility index (Phi) is 7.25. The summed E-state index contributed by atoms with van der Waals surface area (Å²) in [6.45, 7) is 3.03. The van der Waals surface area contributed by atoms with E-state index in [4.69, 9.17) is 28.6 Å². The third-order valence-electron chi connectivity index (χ3n) is 4.81.